The molecule has 1 amide bonds. The average Bonchev–Trinajstić information content (AvgIpc) is 2.74. The summed E-state index contributed by atoms with van der Waals surface area (Å²) in [5.74, 6) is -0.334. The maximum atomic E-state index is 11.7. The molecular weight excluding hydrogens is 246 g/mol. The van der Waals surface area contributed by atoms with Gasteiger partial charge < -0.3 is 14.8 Å². The molecule has 1 aliphatic carbocycles. The predicted molar refractivity (Wildman–Crippen MR) is 71.6 cm³/mol. The van der Waals surface area contributed by atoms with Crippen molar-refractivity contribution in [2.24, 2.45) is 5.41 Å². The molecule has 5 nitrogen and oxygen atoms in total. The van der Waals surface area contributed by atoms with E-state index in [0.29, 0.717) is 6.54 Å². The first-order valence-electron chi connectivity index (χ1n) is 6.85. The van der Waals surface area contributed by atoms with Crippen molar-refractivity contribution in [3.8, 4) is 0 Å². The van der Waals surface area contributed by atoms with Crippen LogP contribution in [0.5, 0.6) is 0 Å². The lowest BCUT2D eigenvalue weighted by atomic mass is 9.96. The van der Waals surface area contributed by atoms with Crippen molar-refractivity contribution in [3.05, 3.63) is 0 Å². The Balaban J connectivity index is 2.23. The highest BCUT2D eigenvalue weighted by atomic mass is 16.6. The molecule has 5 heteroatoms. The Kier molecular flexibility index (Phi) is 5.79. The highest BCUT2D eigenvalue weighted by molar-refractivity contribution is 5.81. The number of hydrogen-bond acceptors (Lipinski definition) is 4. The monoisotopic (exact) mass is 271 g/mol. The number of rotatable bonds is 5. The molecule has 0 radical (unpaired) electrons. The van der Waals surface area contributed by atoms with Crippen molar-refractivity contribution in [1.29, 1.82) is 0 Å². The minimum atomic E-state index is -0.434. The summed E-state index contributed by atoms with van der Waals surface area (Å²) in [6.07, 6.45) is 2.92. The van der Waals surface area contributed by atoms with Gasteiger partial charge in [-0.05, 0) is 19.3 Å². The molecule has 0 aromatic rings. The first-order chi connectivity index (χ1) is 8.84. The van der Waals surface area contributed by atoms with Gasteiger partial charge in [0.25, 0.3) is 0 Å². The molecule has 0 aromatic heterocycles. The molecule has 0 aromatic carbocycles. The molecule has 1 N–H and O–H groups in total. The average molecular weight is 271 g/mol. The van der Waals surface area contributed by atoms with E-state index < -0.39 is 5.41 Å². The zero-order valence-corrected chi connectivity index (χ0v) is 12.3. The van der Waals surface area contributed by atoms with Gasteiger partial charge >= 0.3 is 5.97 Å². The second-order valence-electron chi connectivity index (χ2n) is 5.99. The van der Waals surface area contributed by atoms with Crippen LogP contribution in [0.3, 0.4) is 0 Å². The summed E-state index contributed by atoms with van der Waals surface area (Å²) in [5.41, 5.74) is -0.434. The fourth-order valence-electron chi connectivity index (χ4n) is 2.07. The first kappa shape index (κ1) is 16.0. The van der Waals surface area contributed by atoms with Crippen molar-refractivity contribution in [2.75, 3.05) is 13.7 Å². The van der Waals surface area contributed by atoms with Crippen molar-refractivity contribution in [3.63, 3.8) is 0 Å². The largest absolute Gasteiger partial charge is 0.460 e. The van der Waals surface area contributed by atoms with Gasteiger partial charge in [0.2, 0.25) is 5.91 Å². The van der Waals surface area contributed by atoms with E-state index in [0.717, 1.165) is 19.3 Å². The van der Waals surface area contributed by atoms with Gasteiger partial charge in [-0.15, -0.1) is 0 Å². The maximum absolute atomic E-state index is 11.7. The third kappa shape index (κ3) is 5.19. The molecule has 0 aliphatic heterocycles. The molecular formula is C14H25NO4. The van der Waals surface area contributed by atoms with Gasteiger partial charge in [-0.3, -0.25) is 9.59 Å². The quantitative estimate of drug-likeness (QED) is 0.772. The molecule has 0 saturated heterocycles. The maximum Gasteiger partial charge on any atom is 0.307 e. The van der Waals surface area contributed by atoms with Crippen LogP contribution < -0.4 is 5.32 Å². The summed E-state index contributed by atoms with van der Waals surface area (Å²) in [4.78, 5) is 23.3. The number of hydrogen-bond donors (Lipinski definition) is 1. The van der Waals surface area contributed by atoms with E-state index in [1.165, 1.54) is 0 Å². The normalized spacial score (nSPS) is 23.2. The van der Waals surface area contributed by atoms with Gasteiger partial charge in [-0.25, -0.2) is 0 Å². The number of esters is 1. The molecule has 110 valence electrons. The van der Waals surface area contributed by atoms with Crippen LogP contribution in [0.4, 0.5) is 0 Å². The van der Waals surface area contributed by atoms with E-state index in [9.17, 15) is 9.59 Å². The predicted octanol–water partition coefficient (Wildman–Crippen LogP) is 1.65. The minimum absolute atomic E-state index is 0.0214. The highest BCUT2D eigenvalue weighted by Gasteiger charge is 2.30. The number of amides is 1. The van der Waals surface area contributed by atoms with Crippen molar-refractivity contribution < 1.29 is 19.1 Å². The Morgan fingerprint density at radius 2 is 1.84 bits per heavy atom. The van der Waals surface area contributed by atoms with Gasteiger partial charge in [0.05, 0.1) is 12.5 Å². The molecule has 0 spiro atoms. The topological polar surface area (TPSA) is 64.6 Å². The van der Waals surface area contributed by atoms with Gasteiger partial charge in [0.1, 0.15) is 6.10 Å². The summed E-state index contributed by atoms with van der Waals surface area (Å²) >= 11 is 0. The zero-order chi connectivity index (χ0) is 14.5. The van der Waals surface area contributed by atoms with Crippen molar-refractivity contribution in [1.82, 2.24) is 5.32 Å². The van der Waals surface area contributed by atoms with E-state index in [1.807, 2.05) is 20.8 Å². The van der Waals surface area contributed by atoms with Crippen LogP contribution >= 0.6 is 0 Å². The Hall–Kier alpha value is -1.10. The molecule has 2 atom stereocenters. The van der Waals surface area contributed by atoms with Crippen LogP contribution in [-0.4, -0.2) is 37.7 Å². The highest BCUT2D eigenvalue weighted by Crippen LogP contribution is 2.24. The van der Waals surface area contributed by atoms with Crippen LogP contribution in [-0.2, 0) is 19.1 Å². The number of carbonyl (C=O) groups excluding carboxylic acids is 2. The summed E-state index contributed by atoms with van der Waals surface area (Å²) in [7, 11) is 1.64. The molecule has 1 fully saturated rings. The van der Waals surface area contributed by atoms with E-state index in [-0.39, 0.29) is 30.5 Å². The van der Waals surface area contributed by atoms with Crippen LogP contribution in [0.2, 0.25) is 0 Å². The van der Waals surface area contributed by atoms with E-state index >= 15 is 0 Å². The van der Waals surface area contributed by atoms with Crippen LogP contribution in [0.25, 0.3) is 0 Å². The van der Waals surface area contributed by atoms with Crippen LogP contribution in [0.15, 0.2) is 0 Å². The Morgan fingerprint density at radius 3 is 2.42 bits per heavy atom. The Labute approximate surface area is 115 Å². The van der Waals surface area contributed by atoms with Crippen LogP contribution in [0.1, 0.15) is 46.5 Å². The molecule has 0 unspecified atom stereocenters. The van der Waals surface area contributed by atoms with Gasteiger partial charge in [0, 0.05) is 19.1 Å². The fourth-order valence-corrected chi connectivity index (χ4v) is 2.07. The fraction of sp³-hybridized carbons (Fsp3) is 0.857. The standard InChI is InChI=1S/C14H25NO4/c1-14(2,3)13(17)15-9-8-12(16)19-11-7-5-6-10(11)18-4/h10-11H,5-9H2,1-4H3,(H,15,17)/t10-,11+/m0/s1. The molecule has 1 saturated carbocycles. The number of ether oxygens (including phenoxy) is 2. The van der Waals surface area contributed by atoms with Crippen molar-refractivity contribution in [2.45, 2.75) is 58.7 Å². The van der Waals surface area contributed by atoms with E-state index in [4.69, 9.17) is 9.47 Å². The third-order valence-corrected chi connectivity index (χ3v) is 3.27. The van der Waals surface area contributed by atoms with Gasteiger partial charge in [0.15, 0.2) is 0 Å². The Morgan fingerprint density at radius 1 is 1.21 bits per heavy atom. The van der Waals surface area contributed by atoms with Gasteiger partial charge in [-0.1, -0.05) is 20.8 Å². The minimum Gasteiger partial charge on any atom is -0.460 e. The second-order valence-corrected chi connectivity index (χ2v) is 5.99. The van der Waals surface area contributed by atoms with Gasteiger partial charge in [-0.2, -0.15) is 0 Å². The summed E-state index contributed by atoms with van der Waals surface area (Å²) < 4.78 is 10.6. The van der Waals surface area contributed by atoms with E-state index in [1.54, 1.807) is 7.11 Å². The first-order valence-corrected chi connectivity index (χ1v) is 6.85. The molecule has 0 bridgehead atoms. The number of methoxy groups -OCH3 is 1. The molecule has 1 aliphatic rings. The summed E-state index contributed by atoms with van der Waals surface area (Å²) in [5, 5.41) is 2.73. The number of nitrogens with one attached hydrogen (secondary N) is 1. The van der Waals surface area contributed by atoms with Crippen molar-refractivity contribution >= 4 is 11.9 Å². The summed E-state index contributed by atoms with van der Waals surface area (Å²) in [6, 6.07) is 0. The lowest BCUT2D eigenvalue weighted by molar-refractivity contribution is -0.154. The molecule has 19 heavy (non-hydrogen) atoms. The lowest BCUT2D eigenvalue weighted by Crippen LogP contribution is -2.36. The summed E-state index contributed by atoms with van der Waals surface area (Å²) in [6.45, 7) is 5.83. The zero-order valence-electron chi connectivity index (χ0n) is 12.3. The van der Waals surface area contributed by atoms with Crippen LogP contribution in [0, 0.1) is 5.41 Å². The molecule has 1 rings (SSSR count). The SMILES string of the molecule is CO[C@H]1CCC[C@H]1OC(=O)CCNC(=O)C(C)(C)C. The Bertz CT molecular complexity index is 322. The molecule has 0 heterocycles. The third-order valence-electron chi connectivity index (χ3n) is 3.27. The smallest absolute Gasteiger partial charge is 0.307 e. The second kappa shape index (κ2) is 6.89. The number of carbonyl (C=O) groups is 2. The lowest BCUT2D eigenvalue weighted by Gasteiger charge is -2.20. The van der Waals surface area contributed by atoms with E-state index in [2.05, 4.69) is 5.32 Å².